The maximum atomic E-state index is 9.31. The first kappa shape index (κ1) is 15.2. The smallest absolute Gasteiger partial charge is 0.157 e. The summed E-state index contributed by atoms with van der Waals surface area (Å²) in [6, 6.07) is 1.82. The molecule has 0 saturated carbocycles. The summed E-state index contributed by atoms with van der Waals surface area (Å²) < 4.78 is 5.01. The summed E-state index contributed by atoms with van der Waals surface area (Å²) in [6.45, 7) is 2.85. The van der Waals surface area contributed by atoms with Crippen molar-refractivity contribution in [3.63, 3.8) is 0 Å². The van der Waals surface area contributed by atoms with Gasteiger partial charge in [-0.2, -0.15) is 0 Å². The first-order chi connectivity index (χ1) is 8.69. The summed E-state index contributed by atoms with van der Waals surface area (Å²) in [5.41, 5.74) is 0. The van der Waals surface area contributed by atoms with Crippen LogP contribution in [-0.2, 0) is 11.3 Å². The van der Waals surface area contributed by atoms with E-state index in [1.807, 2.05) is 13.0 Å². The molecule has 102 valence electrons. The van der Waals surface area contributed by atoms with E-state index >= 15 is 0 Å². The van der Waals surface area contributed by atoms with E-state index < -0.39 is 6.10 Å². The molecule has 0 fully saturated rings. The van der Waals surface area contributed by atoms with Crippen LogP contribution < -0.4 is 5.32 Å². The number of rotatable bonds is 8. The maximum absolute atomic E-state index is 9.31. The molecule has 1 aromatic rings. The molecule has 0 bridgehead atoms. The number of hydrogen-bond acceptors (Lipinski definition) is 7. The lowest BCUT2D eigenvalue weighted by Gasteiger charge is -2.09. The third kappa shape index (κ3) is 5.18. The summed E-state index contributed by atoms with van der Waals surface area (Å²) >= 11 is 1.38. The highest BCUT2D eigenvalue weighted by Gasteiger charge is 2.08. The van der Waals surface area contributed by atoms with E-state index in [9.17, 15) is 5.11 Å². The van der Waals surface area contributed by atoms with Crippen molar-refractivity contribution >= 4 is 17.6 Å². The molecule has 1 rings (SSSR count). The molecule has 0 aliphatic heterocycles. The molecule has 0 aliphatic carbocycles. The molecule has 0 aromatic carbocycles. The standard InChI is InChI=1S/C11H19N3O3S/c1-3-12-9-4-11(18-7-8(16)5-15)14-10(13-9)6-17-2/h4,8,15-16H,3,5-7H2,1-2H3,(H,12,13,14). The van der Waals surface area contributed by atoms with Crippen LogP contribution in [0.5, 0.6) is 0 Å². The highest BCUT2D eigenvalue weighted by molar-refractivity contribution is 7.99. The fourth-order valence-corrected chi connectivity index (χ4v) is 2.08. The van der Waals surface area contributed by atoms with Gasteiger partial charge >= 0.3 is 0 Å². The molecule has 1 aromatic heterocycles. The third-order valence-electron chi connectivity index (χ3n) is 2.01. The van der Waals surface area contributed by atoms with Crippen molar-refractivity contribution in [2.24, 2.45) is 0 Å². The lowest BCUT2D eigenvalue weighted by Crippen LogP contribution is -2.15. The van der Waals surface area contributed by atoms with Gasteiger partial charge in [-0.1, -0.05) is 0 Å². The van der Waals surface area contributed by atoms with E-state index in [0.717, 1.165) is 17.4 Å². The van der Waals surface area contributed by atoms with Crippen LogP contribution in [0.2, 0.25) is 0 Å². The quantitative estimate of drug-likeness (QED) is 0.469. The molecule has 3 N–H and O–H groups in total. The van der Waals surface area contributed by atoms with Gasteiger partial charge in [-0.3, -0.25) is 0 Å². The van der Waals surface area contributed by atoms with Crippen molar-refractivity contribution < 1.29 is 14.9 Å². The maximum Gasteiger partial charge on any atom is 0.157 e. The lowest BCUT2D eigenvalue weighted by atomic mass is 10.4. The monoisotopic (exact) mass is 273 g/mol. The van der Waals surface area contributed by atoms with Crippen LogP contribution in [-0.4, -0.2) is 52.3 Å². The molecule has 0 spiro atoms. The fourth-order valence-electron chi connectivity index (χ4n) is 1.25. The van der Waals surface area contributed by atoms with E-state index in [2.05, 4.69) is 15.3 Å². The fraction of sp³-hybridized carbons (Fsp3) is 0.636. The zero-order valence-electron chi connectivity index (χ0n) is 10.6. The van der Waals surface area contributed by atoms with Gasteiger partial charge in [-0.15, -0.1) is 11.8 Å². The van der Waals surface area contributed by atoms with Crippen molar-refractivity contribution in [1.29, 1.82) is 0 Å². The summed E-state index contributed by atoms with van der Waals surface area (Å²) in [7, 11) is 1.59. The molecule has 0 saturated heterocycles. The Balaban J connectivity index is 2.75. The van der Waals surface area contributed by atoms with Gasteiger partial charge in [0, 0.05) is 25.5 Å². The van der Waals surface area contributed by atoms with Gasteiger partial charge in [0.05, 0.1) is 12.7 Å². The number of anilines is 1. The van der Waals surface area contributed by atoms with Crippen LogP contribution in [0.25, 0.3) is 0 Å². The number of nitrogens with one attached hydrogen (secondary N) is 1. The molecule has 1 heterocycles. The number of ether oxygens (including phenoxy) is 1. The first-order valence-electron chi connectivity index (χ1n) is 5.72. The van der Waals surface area contributed by atoms with E-state index in [-0.39, 0.29) is 6.61 Å². The van der Waals surface area contributed by atoms with Crippen molar-refractivity contribution in [3.05, 3.63) is 11.9 Å². The van der Waals surface area contributed by atoms with Gasteiger partial charge in [0.25, 0.3) is 0 Å². The Bertz CT molecular complexity index is 341. The number of aliphatic hydroxyl groups is 2. The Morgan fingerprint density at radius 2 is 2.28 bits per heavy atom. The van der Waals surface area contributed by atoms with Gasteiger partial charge in [0.2, 0.25) is 0 Å². The van der Waals surface area contributed by atoms with E-state index in [1.54, 1.807) is 7.11 Å². The van der Waals surface area contributed by atoms with Crippen LogP contribution in [0.4, 0.5) is 5.82 Å². The Hall–Kier alpha value is -0.890. The molecule has 18 heavy (non-hydrogen) atoms. The van der Waals surface area contributed by atoms with Crippen LogP contribution >= 0.6 is 11.8 Å². The lowest BCUT2D eigenvalue weighted by molar-refractivity contribution is 0.113. The summed E-state index contributed by atoms with van der Waals surface area (Å²) in [5.74, 6) is 1.73. The van der Waals surface area contributed by atoms with Gasteiger partial charge in [0.15, 0.2) is 5.82 Å². The molecular weight excluding hydrogens is 254 g/mol. The van der Waals surface area contributed by atoms with Crippen LogP contribution in [0.15, 0.2) is 11.1 Å². The summed E-state index contributed by atoms with van der Waals surface area (Å²) in [6.07, 6.45) is -0.738. The van der Waals surface area contributed by atoms with Crippen molar-refractivity contribution in [2.45, 2.75) is 24.7 Å². The second kappa shape index (κ2) is 8.25. The van der Waals surface area contributed by atoms with Crippen molar-refractivity contribution in [1.82, 2.24) is 9.97 Å². The minimum Gasteiger partial charge on any atom is -0.394 e. The van der Waals surface area contributed by atoms with Gasteiger partial charge in [-0.05, 0) is 6.92 Å². The largest absolute Gasteiger partial charge is 0.394 e. The Morgan fingerprint density at radius 3 is 2.89 bits per heavy atom. The molecule has 0 amide bonds. The number of hydrogen-bond donors (Lipinski definition) is 3. The van der Waals surface area contributed by atoms with Gasteiger partial charge in [0.1, 0.15) is 17.5 Å². The third-order valence-corrected chi connectivity index (χ3v) is 3.07. The summed E-state index contributed by atoms with van der Waals surface area (Å²) in [4.78, 5) is 8.59. The summed E-state index contributed by atoms with van der Waals surface area (Å²) in [5, 5.41) is 21.9. The zero-order valence-corrected chi connectivity index (χ0v) is 11.4. The van der Waals surface area contributed by atoms with E-state index in [4.69, 9.17) is 9.84 Å². The number of aliphatic hydroxyl groups excluding tert-OH is 2. The Morgan fingerprint density at radius 1 is 1.50 bits per heavy atom. The molecular formula is C11H19N3O3S. The molecule has 6 nitrogen and oxygen atoms in total. The Kier molecular flexibility index (Phi) is 6.96. The van der Waals surface area contributed by atoms with Crippen molar-refractivity contribution in [3.8, 4) is 0 Å². The van der Waals surface area contributed by atoms with Crippen LogP contribution in [0.3, 0.4) is 0 Å². The minimum absolute atomic E-state index is 0.247. The predicted octanol–water partition coefficient (Wildman–Crippen LogP) is 0.500. The number of nitrogens with zero attached hydrogens (tertiary/aromatic N) is 2. The van der Waals surface area contributed by atoms with Crippen LogP contribution in [0, 0.1) is 0 Å². The highest BCUT2D eigenvalue weighted by Crippen LogP contribution is 2.19. The second-order valence-corrected chi connectivity index (χ2v) is 4.66. The average Bonchev–Trinajstić information content (AvgIpc) is 2.36. The predicted molar refractivity (Wildman–Crippen MR) is 70.7 cm³/mol. The van der Waals surface area contributed by atoms with Crippen LogP contribution in [0.1, 0.15) is 12.7 Å². The van der Waals surface area contributed by atoms with Gasteiger partial charge in [-0.25, -0.2) is 9.97 Å². The van der Waals surface area contributed by atoms with Gasteiger partial charge < -0.3 is 20.3 Å². The zero-order chi connectivity index (χ0) is 13.4. The topological polar surface area (TPSA) is 87.5 Å². The number of methoxy groups -OCH3 is 1. The molecule has 7 heteroatoms. The SMILES string of the molecule is CCNc1cc(SCC(O)CO)nc(COC)n1. The Labute approximate surface area is 111 Å². The van der Waals surface area contributed by atoms with E-state index in [1.165, 1.54) is 11.8 Å². The molecule has 0 radical (unpaired) electrons. The molecule has 1 atom stereocenters. The minimum atomic E-state index is -0.738. The normalized spacial score (nSPS) is 12.4. The molecule has 0 aliphatic rings. The van der Waals surface area contributed by atoms with E-state index in [0.29, 0.717) is 18.2 Å². The number of aromatic nitrogens is 2. The second-order valence-electron chi connectivity index (χ2n) is 3.62. The highest BCUT2D eigenvalue weighted by atomic mass is 32.2. The van der Waals surface area contributed by atoms with Crippen molar-refractivity contribution in [2.75, 3.05) is 31.3 Å². The number of thioether (sulfide) groups is 1. The molecule has 1 unspecified atom stereocenters. The first-order valence-corrected chi connectivity index (χ1v) is 6.70. The average molecular weight is 273 g/mol.